The maximum Gasteiger partial charge on any atom is 0.307 e. The van der Waals surface area contributed by atoms with Crippen molar-refractivity contribution in [2.75, 3.05) is 13.2 Å². The fourth-order valence-corrected chi connectivity index (χ4v) is 2.78. The van der Waals surface area contributed by atoms with Gasteiger partial charge in [0.05, 0.1) is 11.3 Å². The van der Waals surface area contributed by atoms with E-state index in [2.05, 4.69) is 4.72 Å². The van der Waals surface area contributed by atoms with Gasteiger partial charge in [-0.15, -0.1) is 0 Å². The molecule has 20 heavy (non-hydrogen) atoms. The molecular formula is C13H19NO5S. The van der Waals surface area contributed by atoms with Gasteiger partial charge in [0.2, 0.25) is 10.0 Å². The molecule has 0 amide bonds. The second-order valence-corrected chi connectivity index (χ2v) is 6.45. The van der Waals surface area contributed by atoms with Gasteiger partial charge in [0, 0.05) is 13.2 Å². The molecular weight excluding hydrogens is 282 g/mol. The van der Waals surface area contributed by atoms with E-state index in [9.17, 15) is 13.2 Å². The minimum Gasteiger partial charge on any atom is -0.481 e. The maximum absolute atomic E-state index is 12.0. The fourth-order valence-electron chi connectivity index (χ4n) is 1.62. The van der Waals surface area contributed by atoms with E-state index in [0.717, 1.165) is 0 Å². The molecule has 0 aliphatic rings. The number of benzene rings is 1. The number of nitrogens with one attached hydrogen (secondary N) is 1. The van der Waals surface area contributed by atoms with Crippen molar-refractivity contribution < 1.29 is 23.4 Å². The zero-order valence-electron chi connectivity index (χ0n) is 11.2. The van der Waals surface area contributed by atoms with Crippen molar-refractivity contribution in [2.24, 2.45) is 5.92 Å². The number of hydrogen-bond acceptors (Lipinski definition) is 4. The molecule has 0 aromatic heterocycles. The zero-order valence-corrected chi connectivity index (χ0v) is 12.1. The van der Waals surface area contributed by atoms with Crippen LogP contribution in [0.5, 0.6) is 0 Å². The second kappa shape index (κ2) is 7.37. The number of hydrogen-bond donors (Lipinski definition) is 3. The van der Waals surface area contributed by atoms with E-state index < -0.39 is 16.0 Å². The number of aliphatic hydroxyl groups excluding tert-OH is 1. The summed E-state index contributed by atoms with van der Waals surface area (Å²) in [6, 6.07) is 5.74. The van der Waals surface area contributed by atoms with Gasteiger partial charge in [-0.05, 0) is 30.0 Å². The van der Waals surface area contributed by atoms with E-state index in [1.165, 1.54) is 24.3 Å². The van der Waals surface area contributed by atoms with E-state index >= 15 is 0 Å². The Bertz CT molecular complexity index is 538. The normalized spacial score (nSPS) is 13.1. The third-order valence-corrected chi connectivity index (χ3v) is 4.27. The Morgan fingerprint density at radius 3 is 2.40 bits per heavy atom. The van der Waals surface area contributed by atoms with Crippen LogP contribution in [0.2, 0.25) is 0 Å². The van der Waals surface area contributed by atoms with Gasteiger partial charge in [-0.1, -0.05) is 19.1 Å². The number of carbonyl (C=O) groups is 1. The molecule has 0 heterocycles. The van der Waals surface area contributed by atoms with E-state index in [1.54, 1.807) is 0 Å². The van der Waals surface area contributed by atoms with Crippen molar-refractivity contribution in [1.29, 1.82) is 0 Å². The van der Waals surface area contributed by atoms with Gasteiger partial charge in [0.15, 0.2) is 0 Å². The summed E-state index contributed by atoms with van der Waals surface area (Å²) in [7, 11) is -3.60. The minimum atomic E-state index is -3.60. The largest absolute Gasteiger partial charge is 0.481 e. The summed E-state index contributed by atoms with van der Waals surface area (Å²) in [6.07, 6.45) is 0.390. The molecule has 0 spiro atoms. The van der Waals surface area contributed by atoms with Crippen molar-refractivity contribution in [3.05, 3.63) is 29.8 Å². The first kappa shape index (κ1) is 16.6. The summed E-state index contributed by atoms with van der Waals surface area (Å²) in [5.41, 5.74) is 0.546. The lowest BCUT2D eigenvalue weighted by Gasteiger charge is -2.12. The van der Waals surface area contributed by atoms with Gasteiger partial charge < -0.3 is 10.2 Å². The summed E-state index contributed by atoms with van der Waals surface area (Å²) in [5.74, 6) is -0.919. The van der Waals surface area contributed by atoms with Crippen LogP contribution in [-0.4, -0.2) is 37.8 Å². The summed E-state index contributed by atoms with van der Waals surface area (Å²) in [6.45, 7) is 2.11. The van der Waals surface area contributed by atoms with Gasteiger partial charge in [-0.25, -0.2) is 13.1 Å². The molecule has 1 unspecified atom stereocenters. The molecule has 1 aromatic carbocycles. The average molecular weight is 301 g/mol. The molecule has 0 fully saturated rings. The number of rotatable bonds is 8. The highest BCUT2D eigenvalue weighted by molar-refractivity contribution is 7.89. The number of aliphatic carboxylic acids is 1. The monoisotopic (exact) mass is 301 g/mol. The molecule has 0 radical (unpaired) electrons. The van der Waals surface area contributed by atoms with E-state index in [4.69, 9.17) is 10.2 Å². The molecule has 0 aliphatic heterocycles. The van der Waals surface area contributed by atoms with Crippen molar-refractivity contribution in [3.8, 4) is 0 Å². The van der Waals surface area contributed by atoms with Crippen molar-refractivity contribution in [2.45, 2.75) is 24.7 Å². The Balaban J connectivity index is 2.70. The van der Waals surface area contributed by atoms with Gasteiger partial charge in [0.25, 0.3) is 0 Å². The first-order valence-electron chi connectivity index (χ1n) is 6.26. The molecule has 3 N–H and O–H groups in total. The van der Waals surface area contributed by atoms with Gasteiger partial charge in [0.1, 0.15) is 0 Å². The molecule has 7 heteroatoms. The third-order valence-electron chi connectivity index (χ3n) is 2.83. The second-order valence-electron chi connectivity index (χ2n) is 4.68. The van der Waals surface area contributed by atoms with Gasteiger partial charge in [-0.3, -0.25) is 4.79 Å². The Kier molecular flexibility index (Phi) is 6.12. The first-order chi connectivity index (χ1) is 9.35. The fraction of sp³-hybridized carbons (Fsp3) is 0.462. The minimum absolute atomic E-state index is 0.0206. The highest BCUT2D eigenvalue weighted by Gasteiger charge is 2.15. The molecule has 0 saturated heterocycles. The van der Waals surface area contributed by atoms with Gasteiger partial charge in [-0.2, -0.15) is 0 Å². The Labute approximate surface area is 118 Å². The Morgan fingerprint density at radius 1 is 1.30 bits per heavy atom. The van der Waals surface area contributed by atoms with Crippen molar-refractivity contribution in [1.82, 2.24) is 4.72 Å². The van der Waals surface area contributed by atoms with Crippen LogP contribution in [0.3, 0.4) is 0 Å². The molecule has 0 saturated carbocycles. The molecule has 0 bridgehead atoms. The van der Waals surface area contributed by atoms with E-state index in [-0.39, 0.29) is 30.4 Å². The summed E-state index contributed by atoms with van der Waals surface area (Å²) in [4.78, 5) is 10.6. The van der Waals surface area contributed by atoms with E-state index in [1.807, 2.05) is 6.92 Å². The van der Waals surface area contributed by atoms with Gasteiger partial charge >= 0.3 is 5.97 Å². The maximum atomic E-state index is 12.0. The number of carboxylic acid groups (broad SMARTS) is 1. The quantitative estimate of drug-likeness (QED) is 0.652. The predicted octanol–water partition coefficient (Wildman–Crippen LogP) is 0.610. The highest BCUT2D eigenvalue weighted by Crippen LogP contribution is 2.12. The first-order valence-corrected chi connectivity index (χ1v) is 7.74. The molecule has 1 atom stereocenters. The smallest absolute Gasteiger partial charge is 0.307 e. The van der Waals surface area contributed by atoms with Crippen LogP contribution < -0.4 is 4.72 Å². The Hall–Kier alpha value is -1.44. The van der Waals surface area contributed by atoms with Crippen molar-refractivity contribution in [3.63, 3.8) is 0 Å². The molecule has 112 valence electrons. The molecule has 6 nitrogen and oxygen atoms in total. The van der Waals surface area contributed by atoms with Crippen LogP contribution in [0.15, 0.2) is 29.2 Å². The zero-order chi connectivity index (χ0) is 15.2. The molecule has 1 aromatic rings. The van der Waals surface area contributed by atoms with Crippen LogP contribution in [0.4, 0.5) is 0 Å². The van der Waals surface area contributed by atoms with Crippen LogP contribution >= 0.6 is 0 Å². The molecule has 0 aliphatic carbocycles. The third kappa shape index (κ3) is 5.28. The lowest BCUT2D eigenvalue weighted by molar-refractivity contribution is -0.136. The number of carboxylic acids is 1. The van der Waals surface area contributed by atoms with Crippen molar-refractivity contribution >= 4 is 16.0 Å². The van der Waals surface area contributed by atoms with Crippen LogP contribution in [-0.2, 0) is 21.2 Å². The highest BCUT2D eigenvalue weighted by atomic mass is 32.2. The SMILES string of the molecule is CC(CCO)CNS(=O)(=O)c1ccc(CC(=O)O)cc1. The Morgan fingerprint density at radius 2 is 1.90 bits per heavy atom. The van der Waals surface area contributed by atoms with Crippen LogP contribution in [0.1, 0.15) is 18.9 Å². The van der Waals surface area contributed by atoms with Crippen LogP contribution in [0.25, 0.3) is 0 Å². The summed E-state index contributed by atoms with van der Waals surface area (Å²) >= 11 is 0. The topological polar surface area (TPSA) is 104 Å². The average Bonchev–Trinajstić information content (AvgIpc) is 2.37. The molecule has 1 rings (SSSR count). The lowest BCUT2D eigenvalue weighted by Crippen LogP contribution is -2.28. The summed E-state index contributed by atoms with van der Waals surface area (Å²) in [5, 5.41) is 17.4. The predicted molar refractivity (Wildman–Crippen MR) is 73.8 cm³/mol. The van der Waals surface area contributed by atoms with Crippen LogP contribution in [0, 0.1) is 5.92 Å². The standard InChI is InChI=1S/C13H19NO5S/c1-10(6-7-15)9-14-20(18,19)12-4-2-11(3-5-12)8-13(16)17/h2-5,10,14-15H,6-9H2,1H3,(H,16,17). The summed E-state index contributed by atoms with van der Waals surface area (Å²) < 4.78 is 26.4. The van der Waals surface area contributed by atoms with E-state index in [0.29, 0.717) is 12.0 Å². The lowest BCUT2D eigenvalue weighted by atomic mass is 10.1. The number of aliphatic hydroxyl groups is 1. The number of sulfonamides is 1.